The molecule has 2 saturated heterocycles. The van der Waals surface area contributed by atoms with Crippen molar-refractivity contribution in [3.05, 3.63) is 35.6 Å². The molecule has 0 N–H and O–H groups in total. The van der Waals surface area contributed by atoms with Crippen LogP contribution in [0.4, 0.5) is 4.39 Å². The standard InChI is InChI=1S/C17H21FN2O2/c18-14-7-5-13(6-8-14)15-9-11-20(15)17(22)12-19-10-3-1-2-4-16(19)21/h5-8,15H,1-4,9-12H2/t15-/m0/s1. The monoisotopic (exact) mass is 304 g/mol. The molecule has 0 aromatic heterocycles. The Labute approximate surface area is 129 Å². The largest absolute Gasteiger partial charge is 0.334 e. The van der Waals surface area contributed by atoms with Crippen LogP contribution in [0, 0.1) is 5.82 Å². The lowest BCUT2D eigenvalue weighted by atomic mass is 9.94. The van der Waals surface area contributed by atoms with Gasteiger partial charge in [0.1, 0.15) is 5.82 Å². The van der Waals surface area contributed by atoms with E-state index in [-0.39, 0.29) is 30.2 Å². The van der Waals surface area contributed by atoms with Crippen molar-refractivity contribution in [3.63, 3.8) is 0 Å². The molecule has 2 fully saturated rings. The third-order valence-electron chi connectivity index (χ3n) is 4.59. The lowest BCUT2D eigenvalue weighted by Crippen LogP contribution is -2.50. The Hall–Kier alpha value is -1.91. The molecule has 2 aliphatic heterocycles. The first kappa shape index (κ1) is 15.0. The first-order valence-corrected chi connectivity index (χ1v) is 7.98. The second-order valence-corrected chi connectivity index (χ2v) is 6.07. The average molecular weight is 304 g/mol. The summed E-state index contributed by atoms with van der Waals surface area (Å²) in [7, 11) is 0. The van der Waals surface area contributed by atoms with Gasteiger partial charge in [0.05, 0.1) is 12.6 Å². The van der Waals surface area contributed by atoms with E-state index in [0.717, 1.165) is 31.2 Å². The Morgan fingerprint density at radius 2 is 1.91 bits per heavy atom. The van der Waals surface area contributed by atoms with Gasteiger partial charge in [-0.3, -0.25) is 9.59 Å². The van der Waals surface area contributed by atoms with Crippen LogP contribution in [0.5, 0.6) is 0 Å². The van der Waals surface area contributed by atoms with Crippen LogP contribution in [0.15, 0.2) is 24.3 Å². The number of halogens is 1. The molecular weight excluding hydrogens is 283 g/mol. The number of hydrogen-bond acceptors (Lipinski definition) is 2. The first-order chi connectivity index (χ1) is 10.6. The van der Waals surface area contributed by atoms with Crippen LogP contribution < -0.4 is 0 Å². The Morgan fingerprint density at radius 1 is 1.14 bits per heavy atom. The number of rotatable bonds is 3. The molecule has 0 bridgehead atoms. The fraction of sp³-hybridized carbons (Fsp3) is 0.529. The highest BCUT2D eigenvalue weighted by Crippen LogP contribution is 2.33. The molecule has 0 aliphatic carbocycles. The highest BCUT2D eigenvalue weighted by molar-refractivity contribution is 5.85. The number of carbonyl (C=O) groups excluding carboxylic acids is 2. The third kappa shape index (κ3) is 3.13. The van der Waals surface area contributed by atoms with E-state index in [1.165, 1.54) is 12.1 Å². The Bertz CT molecular complexity index is 558. The van der Waals surface area contributed by atoms with E-state index in [4.69, 9.17) is 0 Å². The van der Waals surface area contributed by atoms with E-state index >= 15 is 0 Å². The van der Waals surface area contributed by atoms with Crippen molar-refractivity contribution in [2.75, 3.05) is 19.6 Å². The van der Waals surface area contributed by atoms with Crippen molar-refractivity contribution in [3.8, 4) is 0 Å². The second-order valence-electron chi connectivity index (χ2n) is 6.07. The van der Waals surface area contributed by atoms with Crippen molar-refractivity contribution < 1.29 is 14.0 Å². The number of likely N-dealkylation sites (tertiary alicyclic amines) is 2. The molecule has 2 amide bonds. The van der Waals surface area contributed by atoms with Crippen molar-refractivity contribution >= 4 is 11.8 Å². The van der Waals surface area contributed by atoms with Crippen molar-refractivity contribution in [1.82, 2.24) is 9.80 Å². The molecule has 0 saturated carbocycles. The van der Waals surface area contributed by atoms with Gasteiger partial charge in [-0.15, -0.1) is 0 Å². The number of amides is 2. The van der Waals surface area contributed by atoms with E-state index in [1.54, 1.807) is 21.9 Å². The fourth-order valence-electron chi connectivity index (χ4n) is 3.18. The van der Waals surface area contributed by atoms with E-state index < -0.39 is 0 Å². The minimum Gasteiger partial charge on any atom is -0.334 e. The van der Waals surface area contributed by atoms with Crippen LogP contribution in [-0.2, 0) is 9.59 Å². The summed E-state index contributed by atoms with van der Waals surface area (Å²) < 4.78 is 13.0. The van der Waals surface area contributed by atoms with Gasteiger partial charge in [-0.25, -0.2) is 4.39 Å². The number of carbonyl (C=O) groups is 2. The third-order valence-corrected chi connectivity index (χ3v) is 4.59. The van der Waals surface area contributed by atoms with Crippen LogP contribution in [0.25, 0.3) is 0 Å². The highest BCUT2D eigenvalue weighted by Gasteiger charge is 2.34. The SMILES string of the molecule is O=C1CCCCCN1CC(=O)N1CC[C@H]1c1ccc(F)cc1. The van der Waals surface area contributed by atoms with E-state index in [2.05, 4.69) is 0 Å². The Kier molecular flexibility index (Phi) is 4.41. The predicted molar refractivity (Wildman–Crippen MR) is 80.5 cm³/mol. The summed E-state index contributed by atoms with van der Waals surface area (Å²) in [4.78, 5) is 27.9. The van der Waals surface area contributed by atoms with Crippen molar-refractivity contribution in [1.29, 1.82) is 0 Å². The maximum absolute atomic E-state index is 13.0. The van der Waals surface area contributed by atoms with Gasteiger partial charge in [0.2, 0.25) is 11.8 Å². The smallest absolute Gasteiger partial charge is 0.242 e. The molecule has 1 atom stereocenters. The molecule has 0 spiro atoms. The Balaban J connectivity index is 1.62. The van der Waals surface area contributed by atoms with Gasteiger partial charge >= 0.3 is 0 Å². The quantitative estimate of drug-likeness (QED) is 0.861. The van der Waals surface area contributed by atoms with Gasteiger partial charge in [0, 0.05) is 19.5 Å². The predicted octanol–water partition coefficient (Wildman–Crippen LogP) is 2.50. The summed E-state index contributed by atoms with van der Waals surface area (Å²) in [6.45, 7) is 1.57. The van der Waals surface area contributed by atoms with Gasteiger partial charge in [-0.05, 0) is 37.0 Å². The molecule has 1 aromatic carbocycles. The van der Waals surface area contributed by atoms with E-state index in [9.17, 15) is 14.0 Å². The van der Waals surface area contributed by atoms with Gasteiger partial charge in [0.15, 0.2) is 0 Å². The molecule has 0 unspecified atom stereocenters. The summed E-state index contributed by atoms with van der Waals surface area (Å²) in [5.74, 6) is -0.184. The minimum atomic E-state index is -0.267. The Morgan fingerprint density at radius 3 is 2.59 bits per heavy atom. The van der Waals surface area contributed by atoms with Crippen molar-refractivity contribution in [2.24, 2.45) is 0 Å². The molecule has 3 rings (SSSR count). The normalized spacial score (nSPS) is 22.2. The summed E-state index contributed by atoms with van der Waals surface area (Å²) in [5.41, 5.74) is 0.961. The van der Waals surface area contributed by atoms with Gasteiger partial charge in [0.25, 0.3) is 0 Å². The average Bonchev–Trinajstić information content (AvgIpc) is 2.65. The summed E-state index contributed by atoms with van der Waals surface area (Å²) in [6.07, 6.45) is 4.39. The van der Waals surface area contributed by atoms with Crippen LogP contribution in [0.2, 0.25) is 0 Å². The lowest BCUT2D eigenvalue weighted by Gasteiger charge is -2.42. The molecule has 0 radical (unpaired) electrons. The van der Waals surface area contributed by atoms with Crippen LogP contribution in [0.3, 0.4) is 0 Å². The molecule has 4 nitrogen and oxygen atoms in total. The maximum Gasteiger partial charge on any atom is 0.242 e. The molecule has 22 heavy (non-hydrogen) atoms. The minimum absolute atomic E-state index is 0.00387. The topological polar surface area (TPSA) is 40.6 Å². The maximum atomic E-state index is 13.0. The van der Waals surface area contributed by atoms with Gasteiger partial charge in [-0.2, -0.15) is 0 Å². The van der Waals surface area contributed by atoms with Crippen molar-refractivity contribution in [2.45, 2.75) is 38.1 Å². The van der Waals surface area contributed by atoms with E-state index in [0.29, 0.717) is 19.5 Å². The molecule has 2 heterocycles. The summed E-state index contributed by atoms with van der Waals surface area (Å²) >= 11 is 0. The zero-order chi connectivity index (χ0) is 15.5. The zero-order valence-electron chi connectivity index (χ0n) is 12.6. The van der Waals surface area contributed by atoms with E-state index in [1.807, 2.05) is 0 Å². The number of nitrogens with zero attached hydrogens (tertiary/aromatic N) is 2. The fourth-order valence-corrected chi connectivity index (χ4v) is 3.18. The summed E-state index contributed by atoms with van der Waals surface area (Å²) in [6, 6.07) is 6.34. The van der Waals surface area contributed by atoms with Gasteiger partial charge in [-0.1, -0.05) is 18.6 Å². The molecule has 118 valence electrons. The van der Waals surface area contributed by atoms with Gasteiger partial charge < -0.3 is 9.80 Å². The number of hydrogen-bond donors (Lipinski definition) is 0. The second kappa shape index (κ2) is 6.46. The number of benzene rings is 1. The van der Waals surface area contributed by atoms with Crippen LogP contribution in [0.1, 0.15) is 43.7 Å². The molecule has 1 aromatic rings. The lowest BCUT2D eigenvalue weighted by molar-refractivity contribution is -0.145. The van der Waals surface area contributed by atoms with Crippen LogP contribution >= 0.6 is 0 Å². The highest BCUT2D eigenvalue weighted by atomic mass is 19.1. The molecular formula is C17H21FN2O2. The molecule has 5 heteroatoms. The molecule has 2 aliphatic rings. The summed E-state index contributed by atoms with van der Waals surface area (Å²) in [5, 5.41) is 0. The first-order valence-electron chi connectivity index (χ1n) is 7.98. The van der Waals surface area contributed by atoms with Crippen LogP contribution in [-0.4, -0.2) is 41.2 Å². The zero-order valence-corrected chi connectivity index (χ0v) is 12.6.